The van der Waals surface area contributed by atoms with Gasteiger partial charge in [0.15, 0.2) is 0 Å². The molecular weight excluding hydrogens is 327 g/mol. The summed E-state index contributed by atoms with van der Waals surface area (Å²) < 4.78 is 0. The van der Waals surface area contributed by atoms with Crippen molar-refractivity contribution < 1.29 is 0 Å². The van der Waals surface area contributed by atoms with Gasteiger partial charge in [0.2, 0.25) is 0 Å². The molecule has 0 fully saturated rings. The Morgan fingerprint density at radius 1 is 0.739 bits per heavy atom. The highest BCUT2D eigenvalue weighted by Crippen LogP contribution is 2.31. The summed E-state index contributed by atoms with van der Waals surface area (Å²) in [6.45, 7) is 0. The molecule has 0 aliphatic carbocycles. The fourth-order valence-electron chi connectivity index (χ4n) is 2.66. The van der Waals surface area contributed by atoms with Gasteiger partial charge in [-0.25, -0.2) is 4.98 Å². The van der Waals surface area contributed by atoms with Crippen LogP contribution < -0.4 is 0 Å². The monoisotopic (exact) mass is 338 g/mol. The number of rotatable bonds is 2. The van der Waals surface area contributed by atoms with E-state index in [4.69, 9.17) is 28.2 Å². The van der Waals surface area contributed by atoms with E-state index >= 15 is 0 Å². The van der Waals surface area contributed by atoms with Gasteiger partial charge >= 0.3 is 0 Å². The zero-order valence-corrected chi connectivity index (χ0v) is 13.6. The Balaban J connectivity index is 1.90. The Morgan fingerprint density at radius 3 is 2.35 bits per heavy atom. The number of halogens is 2. The fourth-order valence-corrected chi connectivity index (χ4v) is 2.96. The van der Waals surface area contributed by atoms with E-state index in [1.165, 1.54) is 0 Å². The van der Waals surface area contributed by atoms with Gasteiger partial charge < -0.3 is 4.98 Å². The van der Waals surface area contributed by atoms with Crippen molar-refractivity contribution in [3.63, 3.8) is 0 Å². The van der Waals surface area contributed by atoms with Crippen LogP contribution in [0.3, 0.4) is 0 Å². The van der Waals surface area contributed by atoms with Crippen LogP contribution in [0.25, 0.3) is 33.5 Å². The summed E-state index contributed by atoms with van der Waals surface area (Å²) in [6.07, 6.45) is 0. The van der Waals surface area contributed by atoms with Gasteiger partial charge in [0.1, 0.15) is 5.82 Å². The largest absolute Gasteiger partial charge is 0.338 e. The zero-order valence-electron chi connectivity index (χ0n) is 12.1. The first kappa shape index (κ1) is 14.3. The van der Waals surface area contributed by atoms with E-state index in [0.717, 1.165) is 33.5 Å². The van der Waals surface area contributed by atoms with Crippen molar-refractivity contribution in [2.24, 2.45) is 0 Å². The predicted molar refractivity (Wildman–Crippen MR) is 97.0 cm³/mol. The maximum atomic E-state index is 6.12. The van der Waals surface area contributed by atoms with E-state index in [9.17, 15) is 0 Å². The molecule has 0 bridgehead atoms. The fraction of sp³-hybridized carbons (Fsp3) is 0. The molecule has 0 saturated carbocycles. The van der Waals surface area contributed by atoms with E-state index in [1.54, 1.807) is 6.07 Å². The third kappa shape index (κ3) is 2.61. The Bertz CT molecular complexity index is 991. The highest BCUT2D eigenvalue weighted by molar-refractivity contribution is 6.42. The molecule has 0 unspecified atom stereocenters. The molecule has 1 heterocycles. The molecule has 0 saturated heterocycles. The normalized spacial score (nSPS) is 11.0. The first-order valence-corrected chi connectivity index (χ1v) is 7.97. The van der Waals surface area contributed by atoms with Gasteiger partial charge in [-0.2, -0.15) is 0 Å². The topological polar surface area (TPSA) is 28.7 Å². The number of fused-ring (bicyclic) bond motifs is 1. The number of imidazole rings is 1. The molecule has 3 aromatic carbocycles. The number of nitrogens with one attached hydrogen (secondary N) is 1. The molecule has 4 rings (SSSR count). The quantitative estimate of drug-likeness (QED) is 0.462. The molecule has 0 aliphatic rings. The van der Waals surface area contributed by atoms with Crippen molar-refractivity contribution in [2.45, 2.75) is 0 Å². The van der Waals surface area contributed by atoms with Gasteiger partial charge in [0, 0.05) is 11.1 Å². The van der Waals surface area contributed by atoms with Crippen LogP contribution in [0.2, 0.25) is 10.0 Å². The first-order valence-electron chi connectivity index (χ1n) is 7.22. The van der Waals surface area contributed by atoms with Crippen molar-refractivity contribution in [3.05, 3.63) is 76.8 Å². The lowest BCUT2D eigenvalue weighted by Gasteiger charge is -2.01. The van der Waals surface area contributed by atoms with Gasteiger partial charge in [-0.1, -0.05) is 65.7 Å². The SMILES string of the molecule is Clc1ccc(-c2nc3c(-c4ccccc4)cccc3[nH]2)cc1Cl. The predicted octanol–water partition coefficient (Wildman–Crippen LogP) is 6.20. The lowest BCUT2D eigenvalue weighted by atomic mass is 10.0. The number of hydrogen-bond acceptors (Lipinski definition) is 1. The van der Waals surface area contributed by atoms with Crippen LogP contribution >= 0.6 is 23.2 Å². The first-order chi connectivity index (χ1) is 11.2. The smallest absolute Gasteiger partial charge is 0.138 e. The molecule has 1 aromatic heterocycles. The van der Waals surface area contributed by atoms with Crippen LogP contribution in [0.5, 0.6) is 0 Å². The average molecular weight is 339 g/mol. The van der Waals surface area contributed by atoms with Crippen LogP contribution in [0.15, 0.2) is 66.7 Å². The minimum Gasteiger partial charge on any atom is -0.338 e. The second kappa shape index (κ2) is 5.73. The maximum Gasteiger partial charge on any atom is 0.138 e. The van der Waals surface area contributed by atoms with E-state index in [-0.39, 0.29) is 0 Å². The number of benzene rings is 3. The second-order valence-corrected chi connectivity index (χ2v) is 6.10. The van der Waals surface area contributed by atoms with Gasteiger partial charge in [-0.15, -0.1) is 0 Å². The molecule has 2 nitrogen and oxygen atoms in total. The Kier molecular flexibility index (Phi) is 3.56. The summed E-state index contributed by atoms with van der Waals surface area (Å²) in [7, 11) is 0. The van der Waals surface area contributed by atoms with Crippen LogP contribution in [-0.4, -0.2) is 9.97 Å². The summed E-state index contributed by atoms with van der Waals surface area (Å²) in [4.78, 5) is 8.13. The van der Waals surface area contributed by atoms with Crippen LogP contribution in [-0.2, 0) is 0 Å². The van der Waals surface area contributed by atoms with Gasteiger partial charge in [0.05, 0.1) is 21.1 Å². The molecule has 112 valence electrons. The number of nitrogens with zero attached hydrogens (tertiary/aromatic N) is 1. The zero-order chi connectivity index (χ0) is 15.8. The standard InChI is InChI=1S/C19H12Cl2N2/c20-15-10-9-13(11-16(15)21)19-22-17-8-4-7-14(18(17)23-19)12-5-2-1-3-6-12/h1-11H,(H,22,23). The molecular formula is C19H12Cl2N2. The van der Waals surface area contributed by atoms with E-state index in [2.05, 4.69) is 23.2 Å². The van der Waals surface area contributed by atoms with E-state index < -0.39 is 0 Å². The third-order valence-electron chi connectivity index (χ3n) is 3.79. The maximum absolute atomic E-state index is 6.12. The summed E-state index contributed by atoms with van der Waals surface area (Å²) in [5, 5.41) is 1.06. The summed E-state index contributed by atoms with van der Waals surface area (Å²) in [5.74, 6) is 0.780. The van der Waals surface area contributed by atoms with Crippen LogP contribution in [0, 0.1) is 0 Å². The Labute approximate surface area is 143 Å². The minimum absolute atomic E-state index is 0.521. The summed E-state index contributed by atoms with van der Waals surface area (Å²) in [5.41, 5.74) is 5.10. The van der Waals surface area contributed by atoms with Gasteiger partial charge in [-0.3, -0.25) is 0 Å². The molecule has 23 heavy (non-hydrogen) atoms. The molecule has 0 aliphatic heterocycles. The van der Waals surface area contributed by atoms with Crippen LogP contribution in [0.4, 0.5) is 0 Å². The molecule has 0 spiro atoms. The molecule has 0 amide bonds. The lowest BCUT2D eigenvalue weighted by Crippen LogP contribution is -1.81. The highest BCUT2D eigenvalue weighted by atomic mass is 35.5. The van der Waals surface area contributed by atoms with E-state index in [1.807, 2.05) is 42.5 Å². The average Bonchev–Trinajstić information content (AvgIpc) is 3.02. The van der Waals surface area contributed by atoms with Crippen LogP contribution in [0.1, 0.15) is 0 Å². The Hall–Kier alpha value is -2.29. The number of H-pyrrole nitrogens is 1. The number of aromatic nitrogens is 2. The minimum atomic E-state index is 0.521. The summed E-state index contributed by atoms with van der Waals surface area (Å²) in [6, 6.07) is 21.9. The van der Waals surface area contributed by atoms with Gasteiger partial charge in [0.25, 0.3) is 0 Å². The van der Waals surface area contributed by atoms with E-state index in [0.29, 0.717) is 10.0 Å². The molecule has 0 atom stereocenters. The van der Waals surface area contributed by atoms with Gasteiger partial charge in [-0.05, 0) is 29.8 Å². The number of para-hydroxylation sites is 1. The van der Waals surface area contributed by atoms with Crippen molar-refractivity contribution in [1.29, 1.82) is 0 Å². The Morgan fingerprint density at radius 2 is 1.57 bits per heavy atom. The lowest BCUT2D eigenvalue weighted by molar-refractivity contribution is 1.34. The van der Waals surface area contributed by atoms with Crippen molar-refractivity contribution in [3.8, 4) is 22.5 Å². The number of aromatic amines is 1. The third-order valence-corrected chi connectivity index (χ3v) is 4.53. The number of hydrogen-bond donors (Lipinski definition) is 1. The second-order valence-electron chi connectivity index (χ2n) is 5.28. The molecule has 4 aromatic rings. The highest BCUT2D eigenvalue weighted by Gasteiger charge is 2.11. The molecule has 0 radical (unpaired) electrons. The molecule has 4 heteroatoms. The van der Waals surface area contributed by atoms with Crippen molar-refractivity contribution in [1.82, 2.24) is 9.97 Å². The summed E-state index contributed by atoms with van der Waals surface area (Å²) >= 11 is 12.1. The molecule has 1 N–H and O–H groups in total. The van der Waals surface area contributed by atoms with Crippen molar-refractivity contribution in [2.75, 3.05) is 0 Å². The van der Waals surface area contributed by atoms with Crippen molar-refractivity contribution >= 4 is 34.2 Å².